The second kappa shape index (κ2) is 14.1. The monoisotopic (exact) mass is 640 g/mol. The van der Waals surface area contributed by atoms with E-state index in [2.05, 4.69) is 15.2 Å². The Morgan fingerprint density at radius 2 is 1.35 bits per heavy atom. The zero-order valence-electron chi connectivity index (χ0n) is 24.9. The first-order chi connectivity index (χ1) is 22.5. The van der Waals surface area contributed by atoms with E-state index in [-0.39, 0.29) is 30.9 Å². The molecule has 1 aliphatic rings. The Morgan fingerprint density at radius 1 is 0.761 bits per heavy atom. The summed E-state index contributed by atoms with van der Waals surface area (Å²) in [7, 11) is 3.23. The van der Waals surface area contributed by atoms with Crippen LogP contribution in [0, 0.1) is 0 Å². The van der Waals surface area contributed by atoms with Crippen LogP contribution in [-0.2, 0) is 18.1 Å². The highest BCUT2D eigenvalue weighted by Crippen LogP contribution is 2.33. The van der Waals surface area contributed by atoms with Crippen LogP contribution in [0.15, 0.2) is 94.7 Å². The number of carbonyl (C=O) groups is 2. The minimum atomic E-state index is -0.488. The number of hydrogen-bond acceptors (Lipinski definition) is 12. The molecule has 0 saturated carbocycles. The van der Waals surface area contributed by atoms with Gasteiger partial charge < -0.3 is 23.4 Å². The lowest BCUT2D eigenvalue weighted by atomic mass is 10.1. The Labute approximate surface area is 268 Å². The molecular formula is C33H28N4O8S. The van der Waals surface area contributed by atoms with E-state index in [1.165, 1.54) is 11.8 Å². The molecule has 0 spiro atoms. The van der Waals surface area contributed by atoms with Crippen LogP contribution >= 0.6 is 11.8 Å². The van der Waals surface area contributed by atoms with Crippen molar-refractivity contribution in [3.05, 3.63) is 107 Å². The third kappa shape index (κ3) is 6.95. The number of rotatable bonds is 14. The number of carbonyl (C=O) groups excluding carboxylic acids is 2. The van der Waals surface area contributed by atoms with Crippen LogP contribution < -0.4 is 18.9 Å². The number of methoxy groups -OCH3 is 2. The molecule has 2 amide bonds. The van der Waals surface area contributed by atoms with Crippen LogP contribution in [0.4, 0.5) is 0 Å². The number of nitrogens with zero attached hydrogens (tertiary/aromatic N) is 4. The van der Waals surface area contributed by atoms with Gasteiger partial charge in [-0.3, -0.25) is 14.4 Å². The molecule has 13 heteroatoms. The Bertz CT molecular complexity index is 1790. The van der Waals surface area contributed by atoms with Gasteiger partial charge in [-0.25, -0.2) is 4.98 Å². The molecule has 0 atom stereocenters. The molecule has 234 valence electrons. The topological polar surface area (TPSA) is 135 Å². The summed E-state index contributed by atoms with van der Waals surface area (Å²) >= 11 is 1.21. The van der Waals surface area contributed by atoms with E-state index in [0.717, 1.165) is 27.7 Å². The van der Waals surface area contributed by atoms with E-state index >= 15 is 0 Å². The van der Waals surface area contributed by atoms with E-state index < -0.39 is 11.8 Å². The van der Waals surface area contributed by atoms with Crippen molar-refractivity contribution >= 4 is 23.6 Å². The number of thioether (sulfide) groups is 1. The van der Waals surface area contributed by atoms with Gasteiger partial charge in [0.2, 0.25) is 0 Å². The van der Waals surface area contributed by atoms with Crippen LogP contribution in [0.5, 0.6) is 23.0 Å². The number of imide groups is 1. The molecule has 2 aromatic heterocycles. The highest BCUT2D eigenvalue weighted by atomic mass is 32.2. The number of amides is 2. The summed E-state index contributed by atoms with van der Waals surface area (Å²) in [5.41, 5.74) is 2.90. The van der Waals surface area contributed by atoms with E-state index in [1.54, 1.807) is 50.7 Å². The lowest BCUT2D eigenvalue weighted by Crippen LogP contribution is -2.30. The molecule has 0 N–H and O–H groups in total. The zero-order valence-corrected chi connectivity index (χ0v) is 25.7. The first-order valence-corrected chi connectivity index (χ1v) is 15.1. The van der Waals surface area contributed by atoms with Crippen LogP contribution in [0.25, 0.3) is 11.6 Å². The number of fused-ring (bicyclic) bond motifs is 1. The van der Waals surface area contributed by atoms with Crippen LogP contribution in [0.3, 0.4) is 0 Å². The fraction of sp³-hybridized carbons (Fsp3) is 0.182. The summed E-state index contributed by atoms with van der Waals surface area (Å²) in [6.45, 7) is 0.619. The maximum atomic E-state index is 12.5. The molecular weight excluding hydrogens is 612 g/mol. The standard InChI is InChI=1S/C33H28N4O8S/c1-40-23-11-7-21(8-12-23)19-42-28-17-27(34-18-29(28)43-20-22-9-13-24(41-2)14-10-22)30-35-36-33(45-30)46-16-15-44-37-31(38)25-5-3-4-6-26(25)32(37)39/h3-14,17-18H,15-16,19-20H2,1-2H3. The molecule has 46 heavy (non-hydrogen) atoms. The van der Waals surface area contributed by atoms with Gasteiger partial charge in [0.25, 0.3) is 22.9 Å². The second-order valence-corrected chi connectivity index (χ2v) is 10.8. The maximum absolute atomic E-state index is 12.5. The molecule has 3 heterocycles. The fourth-order valence-corrected chi connectivity index (χ4v) is 5.01. The Hall–Kier alpha value is -5.40. The van der Waals surface area contributed by atoms with Crippen molar-refractivity contribution in [3.63, 3.8) is 0 Å². The smallest absolute Gasteiger partial charge is 0.285 e. The molecule has 1 aliphatic heterocycles. The SMILES string of the molecule is COc1ccc(COc2cnc(-c3nnc(SCCON4C(=O)c5ccccc5C4=O)o3)cc2OCc2ccc(OC)cc2)cc1. The van der Waals surface area contributed by atoms with Gasteiger partial charge in [-0.15, -0.1) is 15.3 Å². The summed E-state index contributed by atoms with van der Waals surface area (Å²) in [5.74, 6) is 1.93. The predicted molar refractivity (Wildman–Crippen MR) is 166 cm³/mol. The minimum absolute atomic E-state index is 0.0652. The molecule has 0 bridgehead atoms. The summed E-state index contributed by atoms with van der Waals surface area (Å²) in [5, 5.41) is 9.26. The Kier molecular flexibility index (Phi) is 9.41. The van der Waals surface area contributed by atoms with Crippen molar-refractivity contribution in [2.24, 2.45) is 0 Å². The first-order valence-electron chi connectivity index (χ1n) is 14.1. The summed E-state index contributed by atoms with van der Waals surface area (Å²) in [6, 6.07) is 23.4. The summed E-state index contributed by atoms with van der Waals surface area (Å²) < 4.78 is 28.5. The third-order valence-electron chi connectivity index (χ3n) is 6.85. The number of hydroxylamine groups is 2. The van der Waals surface area contributed by atoms with Gasteiger partial charge in [-0.2, -0.15) is 0 Å². The van der Waals surface area contributed by atoms with Gasteiger partial charge in [-0.1, -0.05) is 48.2 Å². The van der Waals surface area contributed by atoms with Crippen LogP contribution in [0.1, 0.15) is 31.8 Å². The molecule has 12 nitrogen and oxygen atoms in total. The molecule has 0 saturated heterocycles. The van der Waals surface area contributed by atoms with Gasteiger partial charge >= 0.3 is 0 Å². The van der Waals surface area contributed by atoms with Gasteiger partial charge in [0.05, 0.1) is 38.2 Å². The van der Waals surface area contributed by atoms with Crippen molar-refractivity contribution < 1.29 is 37.8 Å². The highest BCUT2D eigenvalue weighted by molar-refractivity contribution is 7.99. The van der Waals surface area contributed by atoms with E-state index in [0.29, 0.717) is 34.1 Å². The minimum Gasteiger partial charge on any atom is -0.497 e. The first kappa shape index (κ1) is 30.6. The van der Waals surface area contributed by atoms with Gasteiger partial charge in [0.15, 0.2) is 11.5 Å². The lowest BCUT2D eigenvalue weighted by Gasteiger charge is -2.14. The Balaban J connectivity index is 1.10. The lowest BCUT2D eigenvalue weighted by molar-refractivity contribution is -0.0853. The normalized spacial score (nSPS) is 12.3. The largest absolute Gasteiger partial charge is 0.497 e. The number of benzene rings is 3. The van der Waals surface area contributed by atoms with Gasteiger partial charge in [0, 0.05) is 11.8 Å². The molecule has 0 fully saturated rings. The maximum Gasteiger partial charge on any atom is 0.285 e. The number of pyridine rings is 1. The van der Waals surface area contributed by atoms with E-state index in [9.17, 15) is 9.59 Å². The van der Waals surface area contributed by atoms with Crippen molar-refractivity contribution in [3.8, 4) is 34.6 Å². The third-order valence-corrected chi connectivity index (χ3v) is 7.63. The van der Waals surface area contributed by atoms with Crippen LogP contribution in [-0.4, -0.2) is 58.6 Å². The summed E-state index contributed by atoms with van der Waals surface area (Å²) in [4.78, 5) is 34.9. The van der Waals surface area contributed by atoms with Crippen LogP contribution in [0.2, 0.25) is 0 Å². The van der Waals surface area contributed by atoms with E-state index in [4.69, 9.17) is 28.2 Å². The van der Waals surface area contributed by atoms with Crippen molar-refractivity contribution in [2.75, 3.05) is 26.6 Å². The molecule has 3 aromatic carbocycles. The summed E-state index contributed by atoms with van der Waals surface area (Å²) in [6.07, 6.45) is 1.55. The Morgan fingerprint density at radius 3 is 1.93 bits per heavy atom. The molecule has 5 aromatic rings. The molecule has 0 unspecified atom stereocenters. The van der Waals surface area contributed by atoms with Crippen molar-refractivity contribution in [1.29, 1.82) is 0 Å². The van der Waals surface area contributed by atoms with Gasteiger partial charge in [0.1, 0.15) is 30.4 Å². The van der Waals surface area contributed by atoms with Crippen molar-refractivity contribution in [2.45, 2.75) is 18.4 Å². The van der Waals surface area contributed by atoms with Gasteiger partial charge in [-0.05, 0) is 47.5 Å². The highest BCUT2D eigenvalue weighted by Gasteiger charge is 2.36. The number of ether oxygens (including phenoxy) is 4. The van der Waals surface area contributed by atoms with E-state index in [1.807, 2.05) is 48.5 Å². The predicted octanol–water partition coefficient (Wildman–Crippen LogP) is 5.63. The zero-order chi connectivity index (χ0) is 31.9. The molecule has 6 rings (SSSR count). The average molecular weight is 641 g/mol. The number of hydrogen-bond donors (Lipinski definition) is 0. The molecule has 0 radical (unpaired) electrons. The molecule has 0 aliphatic carbocycles. The quantitative estimate of drug-likeness (QED) is 0.0846. The fourth-order valence-electron chi connectivity index (χ4n) is 4.44. The van der Waals surface area contributed by atoms with Crippen molar-refractivity contribution in [1.82, 2.24) is 20.2 Å². The second-order valence-electron chi connectivity index (χ2n) is 9.79. The average Bonchev–Trinajstić information content (AvgIpc) is 3.67. The number of aromatic nitrogens is 3.